The first-order valence-electron chi connectivity index (χ1n) is 5.70. The number of nitrogens with one attached hydrogen (secondary N) is 1. The Kier molecular flexibility index (Phi) is 3.71. The van der Waals surface area contributed by atoms with Crippen molar-refractivity contribution in [3.63, 3.8) is 0 Å². The summed E-state index contributed by atoms with van der Waals surface area (Å²) < 4.78 is 0. The summed E-state index contributed by atoms with van der Waals surface area (Å²) in [5, 5.41) is 3.30. The van der Waals surface area contributed by atoms with Crippen LogP contribution < -0.4 is 5.32 Å². The number of ketones is 1. The van der Waals surface area contributed by atoms with Crippen molar-refractivity contribution in [2.75, 3.05) is 7.05 Å². The molecule has 1 aliphatic rings. The van der Waals surface area contributed by atoms with E-state index >= 15 is 0 Å². The van der Waals surface area contributed by atoms with Gasteiger partial charge in [0, 0.05) is 18.9 Å². The Morgan fingerprint density at radius 1 is 1.50 bits per heavy atom. The van der Waals surface area contributed by atoms with Gasteiger partial charge in [-0.2, -0.15) is 0 Å². The zero-order chi connectivity index (χ0) is 10.8. The molecule has 0 aromatic heterocycles. The molecule has 2 heteroatoms. The SMILES string of the molecule is CCC(C)(C)C1CCC(=O)CC1NC. The highest BCUT2D eigenvalue weighted by atomic mass is 16.1. The molecule has 1 saturated carbocycles. The number of hydrogen-bond acceptors (Lipinski definition) is 2. The molecule has 1 rings (SSSR count). The van der Waals surface area contributed by atoms with Crippen molar-refractivity contribution in [3.05, 3.63) is 0 Å². The number of rotatable bonds is 3. The van der Waals surface area contributed by atoms with Crippen LogP contribution in [0.25, 0.3) is 0 Å². The second kappa shape index (κ2) is 4.43. The maximum atomic E-state index is 11.4. The van der Waals surface area contributed by atoms with Crippen molar-refractivity contribution in [2.45, 2.75) is 52.5 Å². The summed E-state index contributed by atoms with van der Waals surface area (Å²) in [4.78, 5) is 11.4. The lowest BCUT2D eigenvalue weighted by Crippen LogP contribution is -2.45. The Bertz CT molecular complexity index is 210. The van der Waals surface area contributed by atoms with E-state index in [1.54, 1.807) is 0 Å². The molecule has 1 aliphatic carbocycles. The normalized spacial score (nSPS) is 29.3. The van der Waals surface area contributed by atoms with Gasteiger partial charge < -0.3 is 5.32 Å². The van der Waals surface area contributed by atoms with Crippen molar-refractivity contribution < 1.29 is 4.79 Å². The average molecular weight is 197 g/mol. The van der Waals surface area contributed by atoms with Crippen LogP contribution in [0.15, 0.2) is 0 Å². The quantitative estimate of drug-likeness (QED) is 0.752. The number of carbonyl (C=O) groups excluding carboxylic acids is 1. The largest absolute Gasteiger partial charge is 0.316 e. The molecule has 0 aromatic carbocycles. The zero-order valence-corrected chi connectivity index (χ0v) is 9.89. The Morgan fingerprint density at radius 3 is 2.64 bits per heavy atom. The van der Waals surface area contributed by atoms with Crippen LogP contribution in [0.4, 0.5) is 0 Å². The summed E-state index contributed by atoms with van der Waals surface area (Å²) in [6, 6.07) is 0.395. The molecule has 1 N–H and O–H groups in total. The van der Waals surface area contributed by atoms with Crippen LogP contribution >= 0.6 is 0 Å². The van der Waals surface area contributed by atoms with Crippen molar-refractivity contribution in [1.29, 1.82) is 0 Å². The van der Waals surface area contributed by atoms with Gasteiger partial charge in [-0.3, -0.25) is 4.79 Å². The minimum Gasteiger partial charge on any atom is -0.316 e. The monoisotopic (exact) mass is 197 g/mol. The third-order valence-electron chi connectivity index (χ3n) is 3.95. The summed E-state index contributed by atoms with van der Waals surface area (Å²) in [7, 11) is 1.97. The summed E-state index contributed by atoms with van der Waals surface area (Å²) in [6.45, 7) is 6.87. The first kappa shape index (κ1) is 11.7. The molecule has 0 amide bonds. The molecule has 14 heavy (non-hydrogen) atoms. The molecule has 0 heterocycles. The molecule has 2 unspecified atom stereocenters. The standard InChI is InChI=1S/C12H23NO/c1-5-12(2,3)10-7-6-9(14)8-11(10)13-4/h10-11,13H,5-8H2,1-4H3. The predicted molar refractivity (Wildman–Crippen MR) is 59.3 cm³/mol. The first-order chi connectivity index (χ1) is 6.51. The van der Waals surface area contributed by atoms with Gasteiger partial charge in [0.15, 0.2) is 0 Å². The first-order valence-corrected chi connectivity index (χ1v) is 5.70. The van der Waals surface area contributed by atoms with Gasteiger partial charge in [0.2, 0.25) is 0 Å². The van der Waals surface area contributed by atoms with Gasteiger partial charge in [-0.25, -0.2) is 0 Å². The Morgan fingerprint density at radius 2 is 2.14 bits per heavy atom. The average Bonchev–Trinajstić information content (AvgIpc) is 2.17. The number of carbonyl (C=O) groups is 1. The van der Waals surface area contributed by atoms with Gasteiger partial charge in [-0.1, -0.05) is 27.2 Å². The van der Waals surface area contributed by atoms with Crippen LogP contribution in [0.1, 0.15) is 46.5 Å². The highest BCUT2D eigenvalue weighted by Crippen LogP contribution is 2.39. The third-order valence-corrected chi connectivity index (χ3v) is 3.95. The predicted octanol–water partition coefficient (Wildman–Crippen LogP) is 2.38. The van der Waals surface area contributed by atoms with E-state index in [1.165, 1.54) is 6.42 Å². The third kappa shape index (κ3) is 2.35. The smallest absolute Gasteiger partial charge is 0.134 e. The molecule has 2 nitrogen and oxygen atoms in total. The Hall–Kier alpha value is -0.370. The Labute approximate surface area is 87.5 Å². The van der Waals surface area contributed by atoms with Crippen LogP contribution in [0.5, 0.6) is 0 Å². The van der Waals surface area contributed by atoms with Gasteiger partial charge in [0.25, 0.3) is 0 Å². The van der Waals surface area contributed by atoms with Gasteiger partial charge in [0.05, 0.1) is 0 Å². The fourth-order valence-electron chi connectivity index (χ4n) is 2.51. The molecule has 2 atom stereocenters. The lowest BCUT2D eigenvalue weighted by atomic mass is 9.67. The molecule has 0 radical (unpaired) electrons. The number of Topliss-reactive ketones (excluding diaryl/α,β-unsaturated/α-hetero) is 1. The van der Waals surface area contributed by atoms with Crippen LogP contribution in [0.2, 0.25) is 0 Å². The second-order valence-electron chi connectivity index (χ2n) is 5.13. The minimum absolute atomic E-state index is 0.356. The molecule has 0 aliphatic heterocycles. The minimum atomic E-state index is 0.356. The van der Waals surface area contributed by atoms with Crippen molar-refractivity contribution in [2.24, 2.45) is 11.3 Å². The molecule has 0 aromatic rings. The maximum absolute atomic E-state index is 11.4. The summed E-state index contributed by atoms with van der Waals surface area (Å²) in [5.41, 5.74) is 0.356. The van der Waals surface area contributed by atoms with Crippen molar-refractivity contribution >= 4 is 5.78 Å². The van der Waals surface area contributed by atoms with E-state index in [-0.39, 0.29) is 0 Å². The van der Waals surface area contributed by atoms with Crippen LogP contribution in [0, 0.1) is 11.3 Å². The van der Waals surface area contributed by atoms with Crippen LogP contribution in [-0.2, 0) is 4.79 Å². The van der Waals surface area contributed by atoms with Gasteiger partial charge in [-0.05, 0) is 24.8 Å². The van der Waals surface area contributed by atoms with E-state index in [4.69, 9.17) is 0 Å². The molecular formula is C12H23NO. The Balaban J connectivity index is 2.72. The highest BCUT2D eigenvalue weighted by Gasteiger charge is 2.37. The molecule has 0 spiro atoms. The maximum Gasteiger partial charge on any atom is 0.134 e. The zero-order valence-electron chi connectivity index (χ0n) is 9.89. The topological polar surface area (TPSA) is 29.1 Å². The molecular weight excluding hydrogens is 174 g/mol. The van der Waals surface area contributed by atoms with E-state index in [9.17, 15) is 4.79 Å². The van der Waals surface area contributed by atoms with Gasteiger partial charge in [-0.15, -0.1) is 0 Å². The van der Waals surface area contributed by atoms with Gasteiger partial charge >= 0.3 is 0 Å². The fourth-order valence-corrected chi connectivity index (χ4v) is 2.51. The lowest BCUT2D eigenvalue weighted by Gasteiger charge is -2.41. The fraction of sp³-hybridized carbons (Fsp3) is 0.917. The van der Waals surface area contributed by atoms with Crippen molar-refractivity contribution in [3.8, 4) is 0 Å². The summed E-state index contributed by atoms with van der Waals surface area (Å²) in [5.74, 6) is 1.07. The van der Waals surface area contributed by atoms with Crippen LogP contribution in [-0.4, -0.2) is 18.9 Å². The summed E-state index contributed by atoms with van der Waals surface area (Å²) >= 11 is 0. The number of hydrogen-bond donors (Lipinski definition) is 1. The van der Waals surface area contributed by atoms with E-state index in [2.05, 4.69) is 26.1 Å². The lowest BCUT2D eigenvalue weighted by molar-refractivity contribution is -0.122. The second-order valence-corrected chi connectivity index (χ2v) is 5.13. The van der Waals surface area contributed by atoms with Gasteiger partial charge in [0.1, 0.15) is 5.78 Å². The summed E-state index contributed by atoms with van der Waals surface area (Å²) in [6.07, 6.45) is 3.76. The molecule has 82 valence electrons. The van der Waals surface area contributed by atoms with E-state index in [0.29, 0.717) is 23.2 Å². The van der Waals surface area contributed by atoms with E-state index in [0.717, 1.165) is 19.3 Å². The van der Waals surface area contributed by atoms with Crippen molar-refractivity contribution in [1.82, 2.24) is 5.32 Å². The molecule has 0 bridgehead atoms. The van der Waals surface area contributed by atoms with E-state index in [1.807, 2.05) is 7.05 Å². The molecule has 0 saturated heterocycles. The molecule has 1 fully saturated rings. The van der Waals surface area contributed by atoms with Crippen LogP contribution in [0.3, 0.4) is 0 Å². The highest BCUT2D eigenvalue weighted by molar-refractivity contribution is 5.79. The van der Waals surface area contributed by atoms with E-state index < -0.39 is 0 Å².